The fourth-order valence-electron chi connectivity index (χ4n) is 4.69. The largest absolute Gasteiger partial charge is 0.356 e. The van der Waals surface area contributed by atoms with Gasteiger partial charge < -0.3 is 15.1 Å². The lowest BCUT2D eigenvalue weighted by Gasteiger charge is -2.42. The van der Waals surface area contributed by atoms with Gasteiger partial charge in [-0.15, -0.1) is 0 Å². The molecule has 1 N–H and O–H groups in total. The van der Waals surface area contributed by atoms with Crippen LogP contribution in [0.15, 0.2) is 18.3 Å². The molecule has 146 valence electrons. The molecular formula is C21H30N4O2. The number of hydrogen-bond donors (Lipinski definition) is 1. The number of nitrogens with zero attached hydrogens (tertiary/aromatic N) is 3. The number of piperidine rings is 1. The highest BCUT2D eigenvalue weighted by molar-refractivity contribution is 5.85. The zero-order chi connectivity index (χ0) is 18.9. The first kappa shape index (κ1) is 18.3. The third-order valence-electron chi connectivity index (χ3n) is 6.56. The van der Waals surface area contributed by atoms with Crippen LogP contribution >= 0.6 is 0 Å². The first-order chi connectivity index (χ1) is 13.1. The molecule has 2 amide bonds. The van der Waals surface area contributed by atoms with E-state index in [9.17, 15) is 9.59 Å². The number of aromatic nitrogens is 1. The number of carbonyl (C=O) groups is 2. The molecule has 1 aromatic rings. The molecule has 6 nitrogen and oxygen atoms in total. The Bertz CT molecular complexity index is 701. The van der Waals surface area contributed by atoms with Crippen LogP contribution < -0.4 is 10.2 Å². The summed E-state index contributed by atoms with van der Waals surface area (Å²) < 4.78 is 0. The molecular weight excluding hydrogens is 340 g/mol. The topological polar surface area (TPSA) is 65.5 Å². The third-order valence-corrected chi connectivity index (χ3v) is 6.56. The van der Waals surface area contributed by atoms with Gasteiger partial charge in [-0.25, -0.2) is 4.98 Å². The molecule has 0 bridgehead atoms. The molecule has 1 atom stereocenters. The predicted octanol–water partition coefficient (Wildman–Crippen LogP) is 2.34. The van der Waals surface area contributed by atoms with Crippen molar-refractivity contribution in [1.82, 2.24) is 15.2 Å². The highest BCUT2D eigenvalue weighted by Crippen LogP contribution is 2.42. The second-order valence-corrected chi connectivity index (χ2v) is 8.54. The van der Waals surface area contributed by atoms with Gasteiger partial charge in [-0.05, 0) is 49.7 Å². The second kappa shape index (κ2) is 7.49. The van der Waals surface area contributed by atoms with E-state index in [2.05, 4.69) is 20.1 Å². The van der Waals surface area contributed by atoms with Gasteiger partial charge in [0, 0.05) is 45.8 Å². The van der Waals surface area contributed by atoms with Gasteiger partial charge >= 0.3 is 0 Å². The summed E-state index contributed by atoms with van der Waals surface area (Å²) in [7, 11) is 0. The molecule has 1 aliphatic carbocycles. The zero-order valence-electron chi connectivity index (χ0n) is 16.2. The van der Waals surface area contributed by atoms with E-state index < -0.39 is 0 Å². The fourth-order valence-corrected chi connectivity index (χ4v) is 4.69. The molecule has 0 aromatic carbocycles. The van der Waals surface area contributed by atoms with Crippen LogP contribution in [0.2, 0.25) is 0 Å². The van der Waals surface area contributed by atoms with Crippen LogP contribution in [0.5, 0.6) is 0 Å². The van der Waals surface area contributed by atoms with Crippen molar-refractivity contribution >= 4 is 17.6 Å². The average Bonchev–Trinajstić information content (AvgIpc) is 3.05. The summed E-state index contributed by atoms with van der Waals surface area (Å²) in [6, 6.07) is 4.02. The Hall–Kier alpha value is -2.11. The Labute approximate surface area is 161 Å². The average molecular weight is 370 g/mol. The minimum absolute atomic E-state index is 0.0390. The van der Waals surface area contributed by atoms with Gasteiger partial charge in [0.2, 0.25) is 11.8 Å². The molecule has 0 radical (unpaired) electrons. The van der Waals surface area contributed by atoms with Gasteiger partial charge in [0.15, 0.2) is 0 Å². The lowest BCUT2D eigenvalue weighted by molar-refractivity contribution is -0.146. The molecule has 1 aromatic heterocycles. The minimum atomic E-state index is -0.210. The van der Waals surface area contributed by atoms with Crippen LogP contribution in [-0.4, -0.2) is 47.9 Å². The van der Waals surface area contributed by atoms with Crippen molar-refractivity contribution in [3.63, 3.8) is 0 Å². The maximum atomic E-state index is 13.2. The van der Waals surface area contributed by atoms with E-state index in [0.717, 1.165) is 62.7 Å². The van der Waals surface area contributed by atoms with Crippen LogP contribution in [0, 0.1) is 11.3 Å². The molecule has 3 aliphatic rings. The highest BCUT2D eigenvalue weighted by atomic mass is 16.2. The quantitative estimate of drug-likeness (QED) is 0.864. The van der Waals surface area contributed by atoms with Crippen molar-refractivity contribution < 1.29 is 9.59 Å². The first-order valence-corrected chi connectivity index (χ1v) is 10.3. The third kappa shape index (κ3) is 3.80. The fraction of sp³-hybridized carbons (Fsp3) is 0.667. The monoisotopic (exact) mass is 370 g/mol. The molecule has 1 saturated carbocycles. The van der Waals surface area contributed by atoms with Crippen molar-refractivity contribution in [2.75, 3.05) is 31.1 Å². The number of likely N-dealkylation sites (tertiary alicyclic amines) is 1. The van der Waals surface area contributed by atoms with Crippen molar-refractivity contribution in [1.29, 1.82) is 0 Å². The zero-order valence-corrected chi connectivity index (χ0v) is 16.2. The molecule has 1 spiro atoms. The molecule has 2 aliphatic heterocycles. The van der Waals surface area contributed by atoms with Crippen molar-refractivity contribution in [2.45, 2.75) is 52.0 Å². The maximum absolute atomic E-state index is 13.2. The van der Waals surface area contributed by atoms with Crippen LogP contribution in [0.3, 0.4) is 0 Å². The number of amides is 2. The van der Waals surface area contributed by atoms with Gasteiger partial charge in [0.1, 0.15) is 5.82 Å². The SMILES string of the molecule is CC(=O)NCc1ccc(N2CC[C@@]3(CCCN(CC4CCC4)C3=O)C2)nc1. The van der Waals surface area contributed by atoms with Crippen molar-refractivity contribution in [2.24, 2.45) is 11.3 Å². The molecule has 2 saturated heterocycles. The molecule has 3 fully saturated rings. The maximum Gasteiger partial charge on any atom is 0.230 e. The summed E-state index contributed by atoms with van der Waals surface area (Å²) in [5.41, 5.74) is 0.779. The van der Waals surface area contributed by atoms with E-state index >= 15 is 0 Å². The summed E-state index contributed by atoms with van der Waals surface area (Å²) in [5.74, 6) is 2.01. The van der Waals surface area contributed by atoms with Crippen molar-refractivity contribution in [3.05, 3.63) is 23.9 Å². The van der Waals surface area contributed by atoms with Crippen LogP contribution in [0.4, 0.5) is 5.82 Å². The van der Waals surface area contributed by atoms with Crippen LogP contribution in [0.25, 0.3) is 0 Å². The first-order valence-electron chi connectivity index (χ1n) is 10.3. The Balaban J connectivity index is 1.39. The summed E-state index contributed by atoms with van der Waals surface area (Å²) in [4.78, 5) is 33.3. The summed E-state index contributed by atoms with van der Waals surface area (Å²) >= 11 is 0. The van der Waals surface area contributed by atoms with Crippen LogP contribution in [0.1, 0.15) is 51.0 Å². The van der Waals surface area contributed by atoms with Gasteiger partial charge in [0.05, 0.1) is 5.41 Å². The Morgan fingerprint density at radius 2 is 2.11 bits per heavy atom. The molecule has 27 heavy (non-hydrogen) atoms. The van der Waals surface area contributed by atoms with E-state index in [1.165, 1.54) is 26.2 Å². The van der Waals surface area contributed by atoms with E-state index in [-0.39, 0.29) is 11.3 Å². The van der Waals surface area contributed by atoms with Gasteiger partial charge in [-0.2, -0.15) is 0 Å². The summed E-state index contributed by atoms with van der Waals surface area (Å²) in [5, 5.41) is 2.79. The lowest BCUT2D eigenvalue weighted by Crippen LogP contribution is -2.51. The molecule has 4 rings (SSSR count). The molecule has 3 heterocycles. The number of nitrogens with one attached hydrogen (secondary N) is 1. The molecule has 6 heteroatoms. The van der Waals surface area contributed by atoms with Crippen LogP contribution in [-0.2, 0) is 16.1 Å². The normalized spacial score (nSPS) is 25.7. The smallest absolute Gasteiger partial charge is 0.230 e. The number of hydrogen-bond acceptors (Lipinski definition) is 4. The number of pyridine rings is 1. The van der Waals surface area contributed by atoms with Gasteiger partial charge in [-0.3, -0.25) is 9.59 Å². The Morgan fingerprint density at radius 1 is 1.26 bits per heavy atom. The predicted molar refractivity (Wildman–Crippen MR) is 104 cm³/mol. The molecule has 0 unspecified atom stereocenters. The van der Waals surface area contributed by atoms with Gasteiger partial charge in [-0.1, -0.05) is 12.5 Å². The summed E-state index contributed by atoms with van der Waals surface area (Å²) in [6.07, 6.45) is 8.79. The highest BCUT2D eigenvalue weighted by Gasteiger charge is 2.49. The number of carbonyl (C=O) groups excluding carboxylic acids is 2. The number of anilines is 1. The minimum Gasteiger partial charge on any atom is -0.356 e. The second-order valence-electron chi connectivity index (χ2n) is 8.54. The summed E-state index contributed by atoms with van der Waals surface area (Å²) in [6.45, 7) is 5.60. The standard InChI is InChI=1S/C21H30N4O2/c1-16(26)22-12-18-6-7-19(23-13-18)25-11-9-21(15-25)8-3-10-24(20(21)27)14-17-4-2-5-17/h6-7,13,17H,2-5,8-12,14-15H2,1H3,(H,22,26)/t21-/m0/s1. The Morgan fingerprint density at radius 3 is 2.78 bits per heavy atom. The lowest BCUT2D eigenvalue weighted by atomic mass is 9.77. The number of rotatable bonds is 5. The van der Waals surface area contributed by atoms with Gasteiger partial charge in [0.25, 0.3) is 0 Å². The Kier molecular flexibility index (Phi) is 5.06. The van der Waals surface area contributed by atoms with E-state index in [1.54, 1.807) is 0 Å². The van der Waals surface area contributed by atoms with E-state index in [1.807, 2.05) is 18.3 Å². The van der Waals surface area contributed by atoms with E-state index in [0.29, 0.717) is 12.5 Å². The van der Waals surface area contributed by atoms with Crippen molar-refractivity contribution in [3.8, 4) is 0 Å². The van der Waals surface area contributed by atoms with E-state index in [4.69, 9.17) is 0 Å².